The van der Waals surface area contributed by atoms with Crippen LogP contribution < -0.4 is 5.32 Å². The van der Waals surface area contributed by atoms with E-state index < -0.39 is 0 Å². The summed E-state index contributed by atoms with van der Waals surface area (Å²) in [5, 5.41) is 2.75. The molecule has 0 aliphatic carbocycles. The van der Waals surface area contributed by atoms with Gasteiger partial charge in [0.2, 0.25) is 5.91 Å². The minimum Gasteiger partial charge on any atom is -0.353 e. The topological polar surface area (TPSA) is 29.1 Å². The highest BCUT2D eigenvalue weighted by Crippen LogP contribution is 1.85. The molecule has 1 N–H and O–H groups in total. The lowest BCUT2D eigenvalue weighted by atomic mass is 10.3. The number of allylic oxidation sites excluding steroid dienone is 1. The molecule has 0 aliphatic heterocycles. The van der Waals surface area contributed by atoms with Crippen LogP contribution in [0.5, 0.6) is 0 Å². The Morgan fingerprint density at radius 1 is 1.50 bits per heavy atom. The van der Waals surface area contributed by atoms with Crippen molar-refractivity contribution in [2.75, 3.05) is 6.54 Å². The molecule has 0 unspecified atom stereocenters. The SMILES string of the molecule is CCC(=O)NCC=C(C)C. The largest absolute Gasteiger partial charge is 0.353 e. The van der Waals surface area contributed by atoms with Crippen LogP contribution in [0.1, 0.15) is 27.2 Å². The quantitative estimate of drug-likeness (QED) is 0.592. The Kier molecular flexibility index (Phi) is 4.63. The first-order valence-electron chi connectivity index (χ1n) is 3.57. The third kappa shape index (κ3) is 5.35. The van der Waals surface area contributed by atoms with Crippen LogP contribution in [-0.4, -0.2) is 12.5 Å². The number of nitrogens with one attached hydrogen (secondary N) is 1. The van der Waals surface area contributed by atoms with Crippen LogP contribution in [-0.2, 0) is 4.79 Å². The van der Waals surface area contributed by atoms with E-state index >= 15 is 0 Å². The Balaban J connectivity index is 3.37. The smallest absolute Gasteiger partial charge is 0.219 e. The van der Waals surface area contributed by atoms with Gasteiger partial charge in [0.05, 0.1) is 0 Å². The van der Waals surface area contributed by atoms with Crippen molar-refractivity contribution in [3.05, 3.63) is 11.6 Å². The van der Waals surface area contributed by atoms with Gasteiger partial charge in [-0.15, -0.1) is 0 Å². The number of amides is 1. The van der Waals surface area contributed by atoms with Crippen molar-refractivity contribution >= 4 is 5.91 Å². The molecular weight excluding hydrogens is 126 g/mol. The van der Waals surface area contributed by atoms with Gasteiger partial charge in [-0.3, -0.25) is 4.79 Å². The number of hydrogen-bond acceptors (Lipinski definition) is 1. The number of rotatable bonds is 3. The minimum absolute atomic E-state index is 0.109. The summed E-state index contributed by atoms with van der Waals surface area (Å²) in [6.07, 6.45) is 2.56. The van der Waals surface area contributed by atoms with Gasteiger partial charge in [-0.2, -0.15) is 0 Å². The van der Waals surface area contributed by atoms with E-state index in [9.17, 15) is 4.79 Å². The van der Waals surface area contributed by atoms with E-state index in [-0.39, 0.29) is 5.91 Å². The molecule has 0 bridgehead atoms. The lowest BCUT2D eigenvalue weighted by Gasteiger charge is -1.97. The van der Waals surface area contributed by atoms with Gasteiger partial charge in [0.25, 0.3) is 0 Å². The normalized spacial score (nSPS) is 8.70. The summed E-state index contributed by atoms with van der Waals surface area (Å²) in [6, 6.07) is 0. The Labute approximate surface area is 62.3 Å². The molecule has 2 heteroatoms. The average Bonchev–Trinajstić information content (AvgIpc) is 1.87. The zero-order valence-corrected chi connectivity index (χ0v) is 6.90. The molecule has 0 atom stereocenters. The van der Waals surface area contributed by atoms with Crippen LogP contribution >= 0.6 is 0 Å². The fourth-order valence-corrected chi connectivity index (χ4v) is 0.494. The average molecular weight is 141 g/mol. The van der Waals surface area contributed by atoms with Crippen LogP contribution in [0, 0.1) is 0 Å². The molecule has 0 spiro atoms. The molecule has 0 heterocycles. The maximum absolute atomic E-state index is 10.7. The molecule has 1 amide bonds. The fraction of sp³-hybridized carbons (Fsp3) is 0.625. The number of carbonyl (C=O) groups is 1. The summed E-state index contributed by atoms with van der Waals surface area (Å²) in [5.74, 6) is 0.109. The molecule has 10 heavy (non-hydrogen) atoms. The van der Waals surface area contributed by atoms with Gasteiger partial charge in [0.1, 0.15) is 0 Å². The first-order valence-corrected chi connectivity index (χ1v) is 3.57. The zero-order valence-electron chi connectivity index (χ0n) is 6.90. The monoisotopic (exact) mass is 141 g/mol. The first-order chi connectivity index (χ1) is 4.66. The van der Waals surface area contributed by atoms with Gasteiger partial charge < -0.3 is 5.32 Å². The summed E-state index contributed by atoms with van der Waals surface area (Å²) < 4.78 is 0. The van der Waals surface area contributed by atoms with E-state index in [2.05, 4.69) is 5.32 Å². The standard InChI is InChI=1S/C8H15NO/c1-4-8(10)9-6-5-7(2)3/h5H,4,6H2,1-3H3,(H,9,10). The molecule has 2 nitrogen and oxygen atoms in total. The molecule has 0 radical (unpaired) electrons. The summed E-state index contributed by atoms with van der Waals surface area (Å²) in [5.41, 5.74) is 1.23. The molecule has 0 rings (SSSR count). The molecule has 0 aliphatic rings. The third-order valence-electron chi connectivity index (χ3n) is 1.13. The molecule has 0 fully saturated rings. The lowest BCUT2D eigenvalue weighted by molar-refractivity contribution is -0.120. The lowest BCUT2D eigenvalue weighted by Crippen LogP contribution is -2.21. The van der Waals surface area contributed by atoms with Crippen molar-refractivity contribution in [3.8, 4) is 0 Å². The van der Waals surface area contributed by atoms with Crippen LogP contribution in [0.2, 0.25) is 0 Å². The predicted molar refractivity (Wildman–Crippen MR) is 42.7 cm³/mol. The molecule has 0 saturated heterocycles. The second-order valence-electron chi connectivity index (χ2n) is 2.44. The van der Waals surface area contributed by atoms with E-state index in [4.69, 9.17) is 0 Å². The van der Waals surface area contributed by atoms with Crippen LogP contribution in [0.3, 0.4) is 0 Å². The molecule has 58 valence electrons. The van der Waals surface area contributed by atoms with Gasteiger partial charge in [-0.05, 0) is 13.8 Å². The third-order valence-corrected chi connectivity index (χ3v) is 1.13. The van der Waals surface area contributed by atoms with Gasteiger partial charge in [-0.25, -0.2) is 0 Å². The summed E-state index contributed by atoms with van der Waals surface area (Å²) in [4.78, 5) is 10.7. The second kappa shape index (κ2) is 5.03. The molecule has 0 aromatic heterocycles. The van der Waals surface area contributed by atoms with E-state index in [0.717, 1.165) is 0 Å². The zero-order chi connectivity index (χ0) is 7.98. The van der Waals surface area contributed by atoms with E-state index in [1.807, 2.05) is 26.8 Å². The van der Waals surface area contributed by atoms with Crippen LogP contribution in [0.25, 0.3) is 0 Å². The fourth-order valence-electron chi connectivity index (χ4n) is 0.494. The maximum Gasteiger partial charge on any atom is 0.219 e. The first kappa shape index (κ1) is 9.21. The van der Waals surface area contributed by atoms with E-state index in [1.54, 1.807) is 0 Å². The van der Waals surface area contributed by atoms with Gasteiger partial charge in [0.15, 0.2) is 0 Å². The molecule has 0 saturated carbocycles. The summed E-state index contributed by atoms with van der Waals surface area (Å²) >= 11 is 0. The number of hydrogen-bond donors (Lipinski definition) is 1. The molecule has 0 aromatic rings. The van der Waals surface area contributed by atoms with Crippen molar-refractivity contribution in [2.24, 2.45) is 0 Å². The predicted octanol–water partition coefficient (Wildman–Crippen LogP) is 1.48. The summed E-state index contributed by atoms with van der Waals surface area (Å²) in [6.45, 7) is 6.53. The van der Waals surface area contributed by atoms with E-state index in [1.165, 1.54) is 5.57 Å². The Hall–Kier alpha value is -0.790. The molecular formula is C8H15NO. The van der Waals surface area contributed by atoms with Crippen molar-refractivity contribution in [2.45, 2.75) is 27.2 Å². The Morgan fingerprint density at radius 3 is 2.50 bits per heavy atom. The van der Waals surface area contributed by atoms with Crippen molar-refractivity contribution in [1.29, 1.82) is 0 Å². The van der Waals surface area contributed by atoms with Gasteiger partial charge in [0, 0.05) is 13.0 Å². The van der Waals surface area contributed by atoms with Crippen molar-refractivity contribution < 1.29 is 4.79 Å². The van der Waals surface area contributed by atoms with Gasteiger partial charge >= 0.3 is 0 Å². The highest BCUT2D eigenvalue weighted by Gasteiger charge is 1.90. The highest BCUT2D eigenvalue weighted by molar-refractivity contribution is 5.75. The Bertz CT molecular complexity index is 134. The van der Waals surface area contributed by atoms with E-state index in [0.29, 0.717) is 13.0 Å². The maximum atomic E-state index is 10.7. The van der Waals surface area contributed by atoms with Crippen molar-refractivity contribution in [1.82, 2.24) is 5.32 Å². The van der Waals surface area contributed by atoms with Crippen LogP contribution in [0.4, 0.5) is 0 Å². The highest BCUT2D eigenvalue weighted by atomic mass is 16.1. The van der Waals surface area contributed by atoms with Gasteiger partial charge in [-0.1, -0.05) is 18.6 Å². The minimum atomic E-state index is 0.109. The summed E-state index contributed by atoms with van der Waals surface area (Å²) in [7, 11) is 0. The van der Waals surface area contributed by atoms with Crippen LogP contribution in [0.15, 0.2) is 11.6 Å². The number of carbonyl (C=O) groups excluding carboxylic acids is 1. The second-order valence-corrected chi connectivity index (χ2v) is 2.44. The Morgan fingerprint density at radius 2 is 2.10 bits per heavy atom. The molecule has 0 aromatic carbocycles. The van der Waals surface area contributed by atoms with Crippen molar-refractivity contribution in [3.63, 3.8) is 0 Å².